The van der Waals surface area contributed by atoms with Crippen LogP contribution in [0.4, 0.5) is 0 Å². The fraction of sp³-hybridized carbons (Fsp3) is 0.741. The van der Waals surface area contributed by atoms with Gasteiger partial charge in [-0.3, -0.25) is 4.79 Å². The Labute approximate surface area is 210 Å². The Morgan fingerprint density at radius 3 is 2.65 bits per heavy atom. The minimum absolute atomic E-state index is 0.0359. The summed E-state index contributed by atoms with van der Waals surface area (Å²) in [6.45, 7) is 8.88. The van der Waals surface area contributed by atoms with Crippen LogP contribution in [0.1, 0.15) is 64.5 Å². The number of phenols is 1. The minimum atomic E-state index is -1.02. The lowest BCUT2D eigenvalue weighted by atomic mass is 9.33. The van der Waals surface area contributed by atoms with Crippen molar-refractivity contribution in [2.24, 2.45) is 16.7 Å². The van der Waals surface area contributed by atoms with E-state index in [-0.39, 0.29) is 46.0 Å². The number of methoxy groups -OCH3 is 1. The van der Waals surface area contributed by atoms with Crippen molar-refractivity contribution < 1.29 is 24.5 Å². The Morgan fingerprint density at radius 1 is 1.26 bits per heavy atom. The molecule has 186 valence electrons. The van der Waals surface area contributed by atoms with Gasteiger partial charge in [-0.1, -0.05) is 42.8 Å². The zero-order valence-corrected chi connectivity index (χ0v) is 22.4. The Morgan fingerprint density at radius 2 is 2.00 bits per heavy atom. The van der Waals surface area contributed by atoms with Crippen LogP contribution in [0.5, 0.6) is 11.5 Å². The van der Waals surface area contributed by atoms with Gasteiger partial charge in [-0.15, -0.1) is 0 Å². The summed E-state index contributed by atoms with van der Waals surface area (Å²) in [7, 11) is 1.76. The number of hydrogen-bond acceptors (Lipinski definition) is 5. The first-order valence-corrected chi connectivity index (χ1v) is 13.7. The summed E-state index contributed by atoms with van der Waals surface area (Å²) in [5, 5.41) is 23.3. The monoisotopic (exact) mass is 533 g/mol. The highest BCUT2D eigenvalue weighted by atomic mass is 79.9. The number of amides is 1. The van der Waals surface area contributed by atoms with Gasteiger partial charge in [0.15, 0.2) is 11.5 Å². The van der Waals surface area contributed by atoms with Crippen molar-refractivity contribution in [1.29, 1.82) is 0 Å². The summed E-state index contributed by atoms with van der Waals surface area (Å²) in [5.41, 5.74) is -0.313. The second-order valence-corrected chi connectivity index (χ2v) is 13.1. The average Bonchev–Trinajstić information content (AvgIpc) is 3.16. The number of phenolic OH excluding ortho intramolecular Hbond substituents is 1. The van der Waals surface area contributed by atoms with Gasteiger partial charge in [0, 0.05) is 42.0 Å². The molecule has 6 nitrogen and oxygen atoms in total. The van der Waals surface area contributed by atoms with Gasteiger partial charge in [0.2, 0.25) is 5.91 Å². The SMILES string of the molecule is CO[C@@]12CC[C@@]3(C[C@@H]1[C@](C)(O)C(C)(C)C)[C@H]1Cc4ccc(O)c5c4[C@@]3(CCN1C(=O)CBr)[C@H]2O5. The summed E-state index contributed by atoms with van der Waals surface area (Å²) < 4.78 is 13.3. The van der Waals surface area contributed by atoms with Crippen LogP contribution in [0, 0.1) is 16.7 Å². The van der Waals surface area contributed by atoms with Crippen LogP contribution >= 0.6 is 15.9 Å². The molecular weight excluding hydrogens is 498 g/mol. The first-order chi connectivity index (χ1) is 15.9. The minimum Gasteiger partial charge on any atom is -0.504 e. The summed E-state index contributed by atoms with van der Waals surface area (Å²) in [5.74, 6) is 0.738. The van der Waals surface area contributed by atoms with Crippen LogP contribution in [0.25, 0.3) is 0 Å². The second kappa shape index (κ2) is 6.71. The summed E-state index contributed by atoms with van der Waals surface area (Å²) >= 11 is 3.42. The maximum Gasteiger partial charge on any atom is 0.233 e. The Bertz CT molecular complexity index is 1080. The van der Waals surface area contributed by atoms with E-state index < -0.39 is 11.2 Å². The van der Waals surface area contributed by atoms with Gasteiger partial charge >= 0.3 is 0 Å². The number of aromatic hydroxyl groups is 1. The number of ether oxygens (including phenoxy) is 2. The van der Waals surface area contributed by atoms with E-state index in [1.54, 1.807) is 13.2 Å². The maximum atomic E-state index is 13.2. The van der Waals surface area contributed by atoms with Gasteiger partial charge in [-0.05, 0) is 56.1 Å². The standard InChI is InChI=1S/C27H36BrNO5/c1-23(2,3)24(4,32)17-13-25-8-9-27(17,33-5)22-26(25)10-11-29(19(31)14-28)18(25)12-15-6-7-16(30)21(34-22)20(15)26/h6-7,17-18,22,30,32H,8-14H2,1-5H3/t17-,18-,22-,24+,25-,26+,27+/m1/s1. The van der Waals surface area contributed by atoms with Gasteiger partial charge in [0.25, 0.3) is 0 Å². The highest BCUT2D eigenvalue weighted by Crippen LogP contribution is 2.78. The molecule has 7 atom stereocenters. The Kier molecular flexibility index (Phi) is 4.56. The van der Waals surface area contributed by atoms with E-state index in [0.29, 0.717) is 17.6 Å². The number of halogens is 1. The molecule has 7 rings (SSSR count). The fourth-order valence-electron chi connectivity index (χ4n) is 9.01. The first kappa shape index (κ1) is 23.1. The van der Waals surface area contributed by atoms with Gasteiger partial charge in [-0.25, -0.2) is 0 Å². The average molecular weight is 534 g/mol. The van der Waals surface area contributed by atoms with Crippen LogP contribution in [-0.4, -0.2) is 63.4 Å². The highest BCUT2D eigenvalue weighted by molar-refractivity contribution is 9.09. The third-order valence-corrected chi connectivity index (χ3v) is 11.5. The Hall–Kier alpha value is -1.31. The van der Waals surface area contributed by atoms with Crippen LogP contribution in [0.15, 0.2) is 12.1 Å². The number of fused-ring (bicyclic) bond motifs is 2. The predicted molar refractivity (Wildman–Crippen MR) is 131 cm³/mol. The molecule has 2 heterocycles. The van der Waals surface area contributed by atoms with Crippen LogP contribution in [-0.2, 0) is 21.4 Å². The van der Waals surface area contributed by atoms with Crippen molar-refractivity contribution in [3.8, 4) is 11.5 Å². The molecule has 0 aromatic heterocycles. The normalized spacial score (nSPS) is 41.0. The molecule has 1 aromatic carbocycles. The van der Waals surface area contributed by atoms with Crippen LogP contribution < -0.4 is 4.74 Å². The molecule has 2 aliphatic heterocycles. The molecule has 1 saturated heterocycles. The number of carbonyl (C=O) groups is 1. The van der Waals surface area contributed by atoms with Crippen molar-refractivity contribution in [1.82, 2.24) is 4.90 Å². The molecule has 4 fully saturated rings. The van der Waals surface area contributed by atoms with E-state index in [9.17, 15) is 15.0 Å². The number of likely N-dealkylation sites (tertiary alicyclic amines) is 1. The maximum absolute atomic E-state index is 13.2. The summed E-state index contributed by atoms with van der Waals surface area (Å²) in [6, 6.07) is 3.79. The number of aliphatic hydroxyl groups is 1. The number of carbonyl (C=O) groups excluding carboxylic acids is 1. The molecule has 2 spiro atoms. The fourth-order valence-corrected chi connectivity index (χ4v) is 9.33. The van der Waals surface area contributed by atoms with Crippen LogP contribution in [0.3, 0.4) is 0 Å². The molecule has 4 bridgehead atoms. The molecule has 3 saturated carbocycles. The lowest BCUT2D eigenvalue weighted by Gasteiger charge is -2.75. The predicted octanol–water partition coefficient (Wildman–Crippen LogP) is 3.93. The van der Waals surface area contributed by atoms with Crippen molar-refractivity contribution >= 4 is 21.8 Å². The summed E-state index contributed by atoms with van der Waals surface area (Å²) in [4.78, 5) is 15.3. The number of benzene rings is 1. The zero-order chi connectivity index (χ0) is 24.5. The molecule has 1 amide bonds. The van der Waals surface area contributed by atoms with Crippen molar-refractivity contribution in [2.45, 2.75) is 88.6 Å². The third kappa shape index (κ3) is 2.29. The number of piperidine rings is 1. The Balaban J connectivity index is 1.64. The van der Waals surface area contributed by atoms with Crippen molar-refractivity contribution in [2.75, 3.05) is 19.0 Å². The molecule has 2 N–H and O–H groups in total. The number of alkyl halides is 1. The molecule has 34 heavy (non-hydrogen) atoms. The number of hydrogen-bond donors (Lipinski definition) is 2. The number of nitrogens with zero attached hydrogens (tertiary/aromatic N) is 1. The van der Waals surface area contributed by atoms with Crippen LogP contribution in [0.2, 0.25) is 0 Å². The van der Waals surface area contributed by atoms with Crippen molar-refractivity contribution in [3.05, 3.63) is 23.3 Å². The van der Waals surface area contributed by atoms with E-state index in [1.807, 2.05) is 13.0 Å². The van der Waals surface area contributed by atoms with E-state index in [4.69, 9.17) is 9.47 Å². The van der Waals surface area contributed by atoms with Gasteiger partial charge in [-0.2, -0.15) is 0 Å². The highest BCUT2D eigenvalue weighted by Gasteiger charge is 2.82. The van der Waals surface area contributed by atoms with Gasteiger partial charge in [0.05, 0.1) is 10.9 Å². The molecule has 6 aliphatic rings. The smallest absolute Gasteiger partial charge is 0.233 e. The molecular formula is C27H36BrNO5. The third-order valence-electron chi connectivity index (χ3n) is 11.0. The lowest BCUT2D eigenvalue weighted by Crippen LogP contribution is -2.83. The largest absolute Gasteiger partial charge is 0.504 e. The lowest BCUT2D eigenvalue weighted by molar-refractivity contribution is -0.310. The number of rotatable bonds is 3. The van der Waals surface area contributed by atoms with E-state index in [0.717, 1.165) is 37.7 Å². The molecule has 1 aromatic rings. The molecule has 0 radical (unpaired) electrons. The molecule has 4 aliphatic carbocycles. The van der Waals surface area contributed by atoms with Crippen molar-refractivity contribution in [3.63, 3.8) is 0 Å². The molecule has 0 unspecified atom stereocenters. The zero-order valence-electron chi connectivity index (χ0n) is 20.8. The van der Waals surface area contributed by atoms with E-state index >= 15 is 0 Å². The van der Waals surface area contributed by atoms with E-state index in [1.165, 1.54) is 5.56 Å². The first-order valence-electron chi connectivity index (χ1n) is 12.6. The van der Waals surface area contributed by atoms with Gasteiger partial charge < -0.3 is 24.6 Å². The van der Waals surface area contributed by atoms with E-state index in [2.05, 4.69) is 41.6 Å². The van der Waals surface area contributed by atoms with Gasteiger partial charge in [0.1, 0.15) is 11.7 Å². The summed E-state index contributed by atoms with van der Waals surface area (Å²) in [6.07, 6.45) is 3.69. The molecule has 7 heteroatoms. The topological polar surface area (TPSA) is 79.2 Å². The second-order valence-electron chi connectivity index (χ2n) is 12.6. The quantitative estimate of drug-likeness (QED) is 0.575.